The lowest BCUT2D eigenvalue weighted by molar-refractivity contribution is -0.147. The van der Waals surface area contributed by atoms with Crippen LogP contribution < -0.4 is 21.8 Å². The molecule has 2 aromatic rings. The van der Waals surface area contributed by atoms with Gasteiger partial charge in [-0.3, -0.25) is 15.0 Å². The Morgan fingerprint density at radius 3 is 2.02 bits per heavy atom. The molecule has 5 amide bonds. The van der Waals surface area contributed by atoms with Gasteiger partial charge in [0.05, 0.1) is 6.54 Å². The van der Waals surface area contributed by atoms with Gasteiger partial charge in [-0.25, -0.2) is 19.4 Å². The topological polar surface area (TPSA) is 169 Å². The molecular weight excluding hydrogens is 518 g/mol. The number of hydrazine groups is 1. The Morgan fingerprint density at radius 1 is 0.900 bits per heavy atom. The van der Waals surface area contributed by atoms with E-state index < -0.39 is 47.6 Å². The highest BCUT2D eigenvalue weighted by Gasteiger charge is 2.28. The summed E-state index contributed by atoms with van der Waals surface area (Å²) in [6.07, 6.45) is -0.995. The molecule has 0 heterocycles. The Morgan fingerprint density at radius 2 is 1.48 bits per heavy atom. The fourth-order valence-corrected chi connectivity index (χ4v) is 3.31. The number of ether oxygens (including phenoxy) is 2. The predicted molar refractivity (Wildman–Crippen MR) is 146 cm³/mol. The zero-order valence-electron chi connectivity index (χ0n) is 23.1. The van der Waals surface area contributed by atoms with Crippen molar-refractivity contribution in [3.8, 4) is 0 Å². The van der Waals surface area contributed by atoms with E-state index in [2.05, 4.69) is 16.1 Å². The van der Waals surface area contributed by atoms with E-state index in [-0.39, 0.29) is 26.0 Å². The fourth-order valence-electron chi connectivity index (χ4n) is 3.31. The van der Waals surface area contributed by atoms with Gasteiger partial charge in [0.15, 0.2) is 0 Å². The van der Waals surface area contributed by atoms with Gasteiger partial charge in [0, 0.05) is 12.8 Å². The van der Waals surface area contributed by atoms with Gasteiger partial charge in [0.25, 0.3) is 5.91 Å². The Hall–Kier alpha value is -4.61. The molecule has 0 fully saturated rings. The molecule has 0 aliphatic rings. The summed E-state index contributed by atoms with van der Waals surface area (Å²) >= 11 is 0. The maximum Gasteiger partial charge on any atom is 0.408 e. The standard InChI is InChI=1S/C28H37N5O7/c1-19(30-27(38)40-28(2,3)4)24(35)32-33(16-15-23(29)34)26(37)31-22(17-20-11-7-5-8-12-20)25(36)39-18-21-13-9-6-10-14-21/h5-14,19,22H,15-18H2,1-4H3,(H2,29,34)(H,30,38)(H,31,37)(H,32,35)/t19-,22-/m0/s1. The van der Waals surface area contributed by atoms with Gasteiger partial charge >= 0.3 is 18.1 Å². The number of urea groups is 1. The van der Waals surface area contributed by atoms with E-state index in [0.29, 0.717) is 0 Å². The number of amides is 5. The van der Waals surface area contributed by atoms with Gasteiger partial charge in [0.1, 0.15) is 24.3 Å². The van der Waals surface area contributed by atoms with E-state index in [1.54, 1.807) is 57.2 Å². The van der Waals surface area contributed by atoms with E-state index >= 15 is 0 Å². The number of hydrogen-bond donors (Lipinski definition) is 4. The summed E-state index contributed by atoms with van der Waals surface area (Å²) < 4.78 is 10.6. The SMILES string of the molecule is C[C@H](NC(=O)OC(C)(C)C)C(=O)NN(CCC(N)=O)C(=O)N[C@@H](Cc1ccccc1)C(=O)OCc1ccccc1. The maximum atomic E-state index is 13.2. The van der Waals surface area contributed by atoms with Gasteiger partial charge in [-0.05, 0) is 38.8 Å². The average Bonchev–Trinajstić information content (AvgIpc) is 2.88. The largest absolute Gasteiger partial charge is 0.459 e. The second kappa shape index (κ2) is 15.1. The van der Waals surface area contributed by atoms with E-state index in [9.17, 15) is 24.0 Å². The summed E-state index contributed by atoms with van der Waals surface area (Å²) in [7, 11) is 0. The molecule has 0 aromatic heterocycles. The van der Waals surface area contributed by atoms with Crippen LogP contribution in [-0.2, 0) is 36.9 Å². The molecule has 40 heavy (non-hydrogen) atoms. The second-order valence-corrected chi connectivity index (χ2v) is 10.00. The number of carbonyl (C=O) groups excluding carboxylic acids is 5. The Balaban J connectivity index is 2.14. The summed E-state index contributed by atoms with van der Waals surface area (Å²) in [6.45, 7) is 6.11. The Labute approximate surface area is 233 Å². The Bertz CT molecular complexity index is 1150. The van der Waals surface area contributed by atoms with Gasteiger partial charge in [0.2, 0.25) is 5.91 Å². The summed E-state index contributed by atoms with van der Waals surface area (Å²) in [6, 6.07) is 14.9. The molecule has 2 rings (SSSR count). The van der Waals surface area contributed by atoms with Crippen LogP contribution in [0.3, 0.4) is 0 Å². The molecule has 2 atom stereocenters. The van der Waals surface area contributed by atoms with Gasteiger partial charge in [-0.15, -0.1) is 0 Å². The number of esters is 1. The number of alkyl carbamates (subject to hydrolysis) is 1. The van der Waals surface area contributed by atoms with Crippen LogP contribution >= 0.6 is 0 Å². The van der Waals surface area contributed by atoms with Crippen LogP contribution in [0.4, 0.5) is 9.59 Å². The summed E-state index contributed by atoms with van der Waals surface area (Å²) in [5.74, 6) is -2.17. The highest BCUT2D eigenvalue weighted by Crippen LogP contribution is 2.09. The number of benzene rings is 2. The summed E-state index contributed by atoms with van der Waals surface area (Å²) in [5.41, 5.74) is 8.35. The van der Waals surface area contributed by atoms with Crippen molar-refractivity contribution in [1.29, 1.82) is 0 Å². The van der Waals surface area contributed by atoms with Crippen molar-refractivity contribution in [1.82, 2.24) is 21.1 Å². The minimum atomic E-state index is -1.12. The van der Waals surface area contributed by atoms with Crippen molar-refractivity contribution in [2.75, 3.05) is 6.54 Å². The molecule has 12 heteroatoms. The molecule has 0 spiro atoms. The first-order valence-electron chi connectivity index (χ1n) is 12.7. The quantitative estimate of drug-likeness (QED) is 0.243. The first-order valence-corrected chi connectivity index (χ1v) is 12.7. The third-order valence-corrected chi connectivity index (χ3v) is 5.29. The highest BCUT2D eigenvalue weighted by molar-refractivity contribution is 5.89. The number of hydrogen-bond acceptors (Lipinski definition) is 7. The molecule has 216 valence electrons. The van der Waals surface area contributed by atoms with Gasteiger partial charge in [-0.1, -0.05) is 60.7 Å². The van der Waals surface area contributed by atoms with Crippen LogP contribution in [0.5, 0.6) is 0 Å². The second-order valence-electron chi connectivity index (χ2n) is 10.00. The third-order valence-electron chi connectivity index (χ3n) is 5.29. The summed E-state index contributed by atoms with van der Waals surface area (Å²) in [5, 5.41) is 5.77. The zero-order valence-corrected chi connectivity index (χ0v) is 23.1. The van der Waals surface area contributed by atoms with Crippen molar-refractivity contribution in [2.45, 2.75) is 64.8 Å². The number of rotatable bonds is 11. The lowest BCUT2D eigenvalue weighted by Gasteiger charge is -2.27. The van der Waals surface area contributed by atoms with Crippen molar-refractivity contribution >= 4 is 29.9 Å². The molecule has 0 aliphatic carbocycles. The normalized spacial score (nSPS) is 12.3. The maximum absolute atomic E-state index is 13.2. The van der Waals surface area contributed by atoms with Crippen LogP contribution in [0, 0.1) is 0 Å². The molecular formula is C28H37N5O7. The third kappa shape index (κ3) is 11.8. The molecule has 0 unspecified atom stereocenters. The van der Waals surface area contributed by atoms with E-state index in [1.807, 2.05) is 24.3 Å². The van der Waals surface area contributed by atoms with Gasteiger partial charge in [-0.2, -0.15) is 0 Å². The molecule has 0 aliphatic heterocycles. The molecule has 0 bridgehead atoms. The minimum absolute atomic E-state index is 0.00317. The van der Waals surface area contributed by atoms with E-state index in [4.69, 9.17) is 15.2 Å². The lowest BCUT2D eigenvalue weighted by Crippen LogP contribution is -2.58. The lowest BCUT2D eigenvalue weighted by atomic mass is 10.1. The monoisotopic (exact) mass is 555 g/mol. The van der Waals surface area contributed by atoms with Crippen LogP contribution in [-0.4, -0.2) is 59.1 Å². The van der Waals surface area contributed by atoms with Crippen molar-refractivity contribution < 1.29 is 33.4 Å². The van der Waals surface area contributed by atoms with Crippen molar-refractivity contribution in [2.24, 2.45) is 5.73 Å². The van der Waals surface area contributed by atoms with Crippen LogP contribution in [0.2, 0.25) is 0 Å². The van der Waals surface area contributed by atoms with Gasteiger partial charge < -0.3 is 25.8 Å². The molecule has 0 saturated carbocycles. The number of nitrogens with zero attached hydrogens (tertiary/aromatic N) is 1. The average molecular weight is 556 g/mol. The van der Waals surface area contributed by atoms with Crippen molar-refractivity contribution in [3.63, 3.8) is 0 Å². The predicted octanol–water partition coefficient (Wildman–Crippen LogP) is 2.17. The van der Waals surface area contributed by atoms with E-state index in [1.165, 1.54) is 6.92 Å². The number of nitrogens with one attached hydrogen (secondary N) is 3. The number of carbonyl (C=O) groups is 5. The van der Waals surface area contributed by atoms with Crippen LogP contribution in [0.15, 0.2) is 60.7 Å². The first kappa shape index (κ1) is 31.6. The number of primary amides is 1. The van der Waals surface area contributed by atoms with Crippen LogP contribution in [0.25, 0.3) is 0 Å². The van der Waals surface area contributed by atoms with E-state index in [0.717, 1.165) is 16.1 Å². The highest BCUT2D eigenvalue weighted by atomic mass is 16.6. The van der Waals surface area contributed by atoms with Crippen LogP contribution in [0.1, 0.15) is 45.2 Å². The molecule has 5 N–H and O–H groups in total. The Kier molecular flexibility index (Phi) is 11.9. The smallest absolute Gasteiger partial charge is 0.408 e. The number of nitrogens with two attached hydrogens (primary N) is 1. The van der Waals surface area contributed by atoms with Crippen molar-refractivity contribution in [3.05, 3.63) is 71.8 Å². The molecule has 0 saturated heterocycles. The molecule has 2 aromatic carbocycles. The minimum Gasteiger partial charge on any atom is -0.459 e. The summed E-state index contributed by atoms with van der Waals surface area (Å²) in [4.78, 5) is 62.5. The molecule has 12 nitrogen and oxygen atoms in total. The molecule has 0 radical (unpaired) electrons. The fraction of sp³-hybridized carbons (Fsp3) is 0.393. The first-order chi connectivity index (χ1) is 18.8. The zero-order chi connectivity index (χ0) is 29.7.